The normalized spacial score (nSPS) is 19.6. The molecule has 3 heteroatoms. The van der Waals surface area contributed by atoms with Gasteiger partial charge in [-0.15, -0.1) is 0 Å². The molecule has 0 aliphatic carbocycles. The number of para-hydroxylation sites is 1. The maximum Gasteiger partial charge on any atom is 0.443 e. The van der Waals surface area contributed by atoms with Gasteiger partial charge < -0.3 is 9.88 Å². The quantitative estimate of drug-likeness (QED) is 0.762. The molecule has 0 bridgehead atoms. The van der Waals surface area contributed by atoms with Gasteiger partial charge in [0.2, 0.25) is 0 Å². The van der Waals surface area contributed by atoms with Crippen molar-refractivity contribution >= 4 is 7.05 Å². The Labute approximate surface area is 92.2 Å². The summed E-state index contributed by atoms with van der Waals surface area (Å²) in [6.45, 7) is 4.30. The van der Waals surface area contributed by atoms with Crippen molar-refractivity contribution in [2.75, 3.05) is 0 Å². The molecule has 0 amide bonds. The van der Waals surface area contributed by atoms with E-state index in [0.717, 1.165) is 5.75 Å². The molecule has 2 rings (SSSR count). The summed E-state index contributed by atoms with van der Waals surface area (Å²) in [7, 11) is 0.127. The minimum atomic E-state index is 0.127. The van der Waals surface area contributed by atoms with Crippen molar-refractivity contribution in [3.05, 3.63) is 29.8 Å². The highest BCUT2D eigenvalue weighted by molar-refractivity contribution is 6.48. The van der Waals surface area contributed by atoms with E-state index < -0.39 is 0 Å². The summed E-state index contributed by atoms with van der Waals surface area (Å²) in [6.07, 6.45) is 3.70. The Morgan fingerprint density at radius 2 is 2.20 bits per heavy atom. The Morgan fingerprint density at radius 1 is 1.40 bits per heavy atom. The Morgan fingerprint density at radius 3 is 3.00 bits per heavy atom. The summed E-state index contributed by atoms with van der Waals surface area (Å²) in [6, 6.07) is 8.80. The van der Waals surface area contributed by atoms with E-state index in [1.54, 1.807) is 0 Å². The van der Waals surface area contributed by atoms with E-state index in [-0.39, 0.29) is 7.05 Å². The SMILES string of the molecule is CCCCC1NB(C)Oc2ccccc21. The van der Waals surface area contributed by atoms with Crippen molar-refractivity contribution in [2.45, 2.75) is 39.1 Å². The molecule has 0 spiro atoms. The van der Waals surface area contributed by atoms with Crippen molar-refractivity contribution in [2.24, 2.45) is 0 Å². The van der Waals surface area contributed by atoms with Crippen molar-refractivity contribution in [3.63, 3.8) is 0 Å². The molecule has 1 aliphatic rings. The van der Waals surface area contributed by atoms with Crippen LogP contribution in [0.1, 0.15) is 37.8 Å². The molecule has 0 aromatic heterocycles. The van der Waals surface area contributed by atoms with Crippen LogP contribution < -0.4 is 9.88 Å². The Balaban J connectivity index is 2.18. The van der Waals surface area contributed by atoms with E-state index in [0.29, 0.717) is 6.04 Å². The van der Waals surface area contributed by atoms with Gasteiger partial charge in [-0.3, -0.25) is 0 Å². The molecular formula is C12H18BNO. The van der Waals surface area contributed by atoms with Crippen molar-refractivity contribution in [1.29, 1.82) is 0 Å². The van der Waals surface area contributed by atoms with Gasteiger partial charge in [-0.25, -0.2) is 0 Å². The Hall–Kier alpha value is -0.955. The third-order valence-electron chi connectivity index (χ3n) is 2.88. The van der Waals surface area contributed by atoms with Gasteiger partial charge in [0.15, 0.2) is 0 Å². The summed E-state index contributed by atoms with van der Waals surface area (Å²) < 4.78 is 5.73. The number of benzene rings is 1. The Bertz CT molecular complexity index is 329. The van der Waals surface area contributed by atoms with Gasteiger partial charge in [-0.2, -0.15) is 0 Å². The predicted octanol–water partition coefficient (Wildman–Crippen LogP) is 3.02. The lowest BCUT2D eigenvalue weighted by Gasteiger charge is -2.30. The molecule has 1 N–H and O–H groups in total. The molecule has 80 valence electrons. The average Bonchev–Trinajstić information content (AvgIpc) is 2.25. The van der Waals surface area contributed by atoms with E-state index >= 15 is 0 Å². The van der Waals surface area contributed by atoms with E-state index in [9.17, 15) is 0 Å². The van der Waals surface area contributed by atoms with Crippen LogP contribution in [0.5, 0.6) is 5.75 Å². The molecule has 15 heavy (non-hydrogen) atoms. The smallest absolute Gasteiger partial charge is 0.443 e. The molecule has 1 unspecified atom stereocenters. The monoisotopic (exact) mass is 203 g/mol. The highest BCUT2D eigenvalue weighted by atomic mass is 16.4. The highest BCUT2D eigenvalue weighted by Crippen LogP contribution is 2.31. The molecular weight excluding hydrogens is 185 g/mol. The van der Waals surface area contributed by atoms with E-state index in [1.165, 1.54) is 24.8 Å². The first-order chi connectivity index (χ1) is 7.31. The van der Waals surface area contributed by atoms with Crippen LogP contribution in [0.4, 0.5) is 0 Å². The Kier molecular flexibility index (Phi) is 3.32. The highest BCUT2D eigenvalue weighted by Gasteiger charge is 2.26. The molecule has 1 aliphatic heterocycles. The zero-order valence-corrected chi connectivity index (χ0v) is 9.49. The van der Waals surface area contributed by atoms with Crippen LogP contribution in [-0.4, -0.2) is 7.05 Å². The lowest BCUT2D eigenvalue weighted by molar-refractivity contribution is 0.448. The van der Waals surface area contributed by atoms with Crippen LogP contribution in [0, 0.1) is 0 Å². The van der Waals surface area contributed by atoms with Crippen molar-refractivity contribution < 1.29 is 4.65 Å². The maximum atomic E-state index is 5.73. The van der Waals surface area contributed by atoms with Gasteiger partial charge in [0, 0.05) is 11.6 Å². The van der Waals surface area contributed by atoms with Crippen LogP contribution in [0.2, 0.25) is 6.82 Å². The first-order valence-electron chi connectivity index (χ1n) is 5.83. The third kappa shape index (κ3) is 2.35. The van der Waals surface area contributed by atoms with E-state index in [4.69, 9.17) is 4.65 Å². The molecule has 0 saturated carbocycles. The lowest BCUT2D eigenvalue weighted by atomic mass is 9.81. The summed E-state index contributed by atoms with van der Waals surface area (Å²) in [5.74, 6) is 1.05. The van der Waals surface area contributed by atoms with E-state index in [2.05, 4.69) is 37.2 Å². The van der Waals surface area contributed by atoms with Crippen LogP contribution in [-0.2, 0) is 0 Å². The van der Waals surface area contributed by atoms with Gasteiger partial charge in [0.25, 0.3) is 0 Å². The summed E-state index contributed by atoms with van der Waals surface area (Å²) in [5, 5.41) is 3.49. The number of hydrogen-bond acceptors (Lipinski definition) is 2. The molecule has 0 saturated heterocycles. The topological polar surface area (TPSA) is 21.3 Å². The fourth-order valence-corrected chi connectivity index (χ4v) is 2.12. The fraction of sp³-hybridized carbons (Fsp3) is 0.500. The first-order valence-corrected chi connectivity index (χ1v) is 5.83. The second kappa shape index (κ2) is 4.71. The number of rotatable bonds is 3. The largest absolute Gasteiger partial charge is 0.546 e. The summed E-state index contributed by atoms with van der Waals surface area (Å²) in [4.78, 5) is 0. The summed E-state index contributed by atoms with van der Waals surface area (Å²) in [5.41, 5.74) is 1.31. The molecule has 2 nitrogen and oxygen atoms in total. The molecule has 0 radical (unpaired) electrons. The predicted molar refractivity (Wildman–Crippen MR) is 64.1 cm³/mol. The summed E-state index contributed by atoms with van der Waals surface area (Å²) >= 11 is 0. The van der Waals surface area contributed by atoms with Crippen molar-refractivity contribution in [1.82, 2.24) is 5.23 Å². The number of fused-ring (bicyclic) bond motifs is 1. The maximum absolute atomic E-state index is 5.73. The van der Waals surface area contributed by atoms with Crippen molar-refractivity contribution in [3.8, 4) is 5.75 Å². The number of unbranched alkanes of at least 4 members (excludes halogenated alkanes) is 1. The van der Waals surface area contributed by atoms with E-state index in [1.807, 2.05) is 6.07 Å². The standard InChI is InChI=1S/C12H18BNO/c1-3-4-8-11-10-7-5-6-9-12(10)15-13(2)14-11/h5-7,9,11,14H,3-4,8H2,1-2H3. The first kappa shape index (κ1) is 10.6. The molecule has 1 heterocycles. The van der Waals surface area contributed by atoms with Crippen LogP contribution in [0.3, 0.4) is 0 Å². The molecule has 1 atom stereocenters. The van der Waals surface area contributed by atoms with Gasteiger partial charge in [0.05, 0.1) is 0 Å². The zero-order valence-electron chi connectivity index (χ0n) is 9.49. The zero-order chi connectivity index (χ0) is 10.7. The minimum Gasteiger partial charge on any atom is -0.546 e. The molecule has 0 fully saturated rings. The third-order valence-corrected chi connectivity index (χ3v) is 2.88. The minimum absolute atomic E-state index is 0.127. The molecule has 1 aromatic rings. The average molecular weight is 203 g/mol. The second-order valence-corrected chi connectivity index (χ2v) is 4.16. The van der Waals surface area contributed by atoms with Gasteiger partial charge >= 0.3 is 7.05 Å². The van der Waals surface area contributed by atoms with Crippen LogP contribution >= 0.6 is 0 Å². The van der Waals surface area contributed by atoms with Gasteiger partial charge in [-0.05, 0) is 19.3 Å². The van der Waals surface area contributed by atoms with Gasteiger partial charge in [-0.1, -0.05) is 38.0 Å². The molecule has 1 aromatic carbocycles. The van der Waals surface area contributed by atoms with Crippen LogP contribution in [0.15, 0.2) is 24.3 Å². The fourth-order valence-electron chi connectivity index (χ4n) is 2.12. The number of nitrogens with one attached hydrogen (secondary N) is 1. The second-order valence-electron chi connectivity index (χ2n) is 4.16. The lowest BCUT2D eigenvalue weighted by Crippen LogP contribution is -2.43. The van der Waals surface area contributed by atoms with Gasteiger partial charge in [0.1, 0.15) is 5.75 Å². The van der Waals surface area contributed by atoms with Crippen LogP contribution in [0.25, 0.3) is 0 Å². The number of hydrogen-bond donors (Lipinski definition) is 1.